The van der Waals surface area contributed by atoms with Crippen LogP contribution in [0.15, 0.2) is 36.4 Å². The van der Waals surface area contributed by atoms with Crippen LogP contribution in [0.25, 0.3) is 11.3 Å². The zero-order valence-corrected chi connectivity index (χ0v) is 13.4. The molecule has 2 aromatic rings. The van der Waals surface area contributed by atoms with Crippen molar-refractivity contribution in [3.63, 3.8) is 0 Å². The summed E-state index contributed by atoms with van der Waals surface area (Å²) < 4.78 is 12.5. The average Bonchev–Trinajstić information content (AvgIpc) is 3.00. The molecule has 1 aliphatic rings. The van der Waals surface area contributed by atoms with E-state index in [0.29, 0.717) is 19.0 Å². The summed E-state index contributed by atoms with van der Waals surface area (Å²) in [6.07, 6.45) is -0.570. The first-order chi connectivity index (χ1) is 11.1. The molecule has 6 nitrogen and oxygen atoms in total. The number of amides is 1. The van der Waals surface area contributed by atoms with Crippen LogP contribution in [0.5, 0.6) is 0 Å². The first-order valence-electron chi connectivity index (χ1n) is 7.80. The lowest BCUT2D eigenvalue weighted by Gasteiger charge is -2.22. The monoisotopic (exact) mass is 315 g/mol. The maximum absolute atomic E-state index is 12.3. The smallest absolute Gasteiger partial charge is 0.257 e. The van der Waals surface area contributed by atoms with Gasteiger partial charge in [-0.05, 0) is 13.8 Å². The molecule has 23 heavy (non-hydrogen) atoms. The number of nitrogens with zero attached hydrogens (tertiary/aromatic N) is 2. The Bertz CT molecular complexity index is 661. The van der Waals surface area contributed by atoms with E-state index in [-0.39, 0.29) is 18.6 Å². The Hall–Kier alpha value is -2.18. The Labute approximate surface area is 135 Å². The minimum Gasteiger partial charge on any atom is -0.376 e. The largest absolute Gasteiger partial charge is 0.376 e. The highest BCUT2D eigenvalue weighted by Crippen LogP contribution is 2.24. The SMILES string of the molecule is CC(C)n1nc(-c2ccccc2)cc1NC(=O)[C@H]1COCCO1. The van der Waals surface area contributed by atoms with E-state index in [1.54, 1.807) is 0 Å². The van der Waals surface area contributed by atoms with Gasteiger partial charge in [0.15, 0.2) is 6.10 Å². The van der Waals surface area contributed by atoms with E-state index < -0.39 is 6.10 Å². The fourth-order valence-electron chi connectivity index (χ4n) is 2.48. The molecule has 1 saturated heterocycles. The van der Waals surface area contributed by atoms with Crippen LogP contribution in [-0.4, -0.2) is 41.6 Å². The number of ether oxygens (including phenoxy) is 2. The molecule has 1 fully saturated rings. The van der Waals surface area contributed by atoms with Crippen LogP contribution < -0.4 is 5.32 Å². The predicted molar refractivity (Wildman–Crippen MR) is 87.2 cm³/mol. The van der Waals surface area contributed by atoms with Crippen molar-refractivity contribution in [3.05, 3.63) is 36.4 Å². The lowest BCUT2D eigenvalue weighted by atomic mass is 10.1. The predicted octanol–water partition coefficient (Wildman–Crippen LogP) is 2.48. The van der Waals surface area contributed by atoms with Gasteiger partial charge in [-0.25, -0.2) is 4.68 Å². The van der Waals surface area contributed by atoms with Crippen LogP contribution in [-0.2, 0) is 14.3 Å². The Kier molecular flexibility index (Phi) is 4.73. The minimum atomic E-state index is -0.570. The van der Waals surface area contributed by atoms with Crippen molar-refractivity contribution in [1.82, 2.24) is 9.78 Å². The quantitative estimate of drug-likeness (QED) is 0.941. The van der Waals surface area contributed by atoms with Gasteiger partial charge in [0.05, 0.1) is 25.5 Å². The van der Waals surface area contributed by atoms with Crippen molar-refractivity contribution in [2.24, 2.45) is 0 Å². The number of anilines is 1. The van der Waals surface area contributed by atoms with Crippen LogP contribution in [0.1, 0.15) is 19.9 Å². The van der Waals surface area contributed by atoms with Crippen molar-refractivity contribution in [2.45, 2.75) is 26.0 Å². The summed E-state index contributed by atoms with van der Waals surface area (Å²) in [5.74, 6) is 0.462. The van der Waals surface area contributed by atoms with Crippen molar-refractivity contribution in [2.75, 3.05) is 25.1 Å². The fraction of sp³-hybridized carbons (Fsp3) is 0.412. The Morgan fingerprint density at radius 2 is 2.09 bits per heavy atom. The van der Waals surface area contributed by atoms with Crippen LogP contribution in [0.4, 0.5) is 5.82 Å². The fourth-order valence-corrected chi connectivity index (χ4v) is 2.48. The van der Waals surface area contributed by atoms with E-state index >= 15 is 0 Å². The molecule has 0 radical (unpaired) electrons. The second-order valence-electron chi connectivity index (χ2n) is 5.74. The molecule has 1 aromatic carbocycles. The number of hydrogen-bond donors (Lipinski definition) is 1. The minimum absolute atomic E-state index is 0.131. The molecule has 6 heteroatoms. The molecular weight excluding hydrogens is 294 g/mol. The molecular formula is C17H21N3O3. The molecule has 2 heterocycles. The number of carbonyl (C=O) groups excluding carboxylic acids is 1. The molecule has 0 saturated carbocycles. The molecule has 3 rings (SSSR count). The molecule has 1 aliphatic heterocycles. The van der Waals surface area contributed by atoms with E-state index in [0.717, 1.165) is 11.3 Å². The molecule has 0 spiro atoms. The molecule has 1 aromatic heterocycles. The van der Waals surface area contributed by atoms with Gasteiger partial charge >= 0.3 is 0 Å². The normalized spacial score (nSPS) is 18.1. The highest BCUT2D eigenvalue weighted by molar-refractivity contribution is 5.94. The van der Waals surface area contributed by atoms with Gasteiger partial charge < -0.3 is 14.8 Å². The molecule has 1 amide bonds. The summed E-state index contributed by atoms with van der Waals surface area (Å²) in [5.41, 5.74) is 1.84. The lowest BCUT2D eigenvalue weighted by molar-refractivity contribution is -0.142. The van der Waals surface area contributed by atoms with Crippen LogP contribution >= 0.6 is 0 Å². The Morgan fingerprint density at radius 1 is 1.30 bits per heavy atom. The molecule has 0 unspecified atom stereocenters. The zero-order valence-electron chi connectivity index (χ0n) is 13.4. The molecule has 1 N–H and O–H groups in total. The Morgan fingerprint density at radius 3 is 2.74 bits per heavy atom. The van der Waals surface area contributed by atoms with Gasteiger partial charge in [-0.3, -0.25) is 4.79 Å². The molecule has 122 valence electrons. The lowest BCUT2D eigenvalue weighted by Crippen LogP contribution is -2.39. The van der Waals surface area contributed by atoms with E-state index in [4.69, 9.17) is 9.47 Å². The van der Waals surface area contributed by atoms with E-state index in [9.17, 15) is 4.79 Å². The van der Waals surface area contributed by atoms with Gasteiger partial charge in [-0.1, -0.05) is 30.3 Å². The summed E-state index contributed by atoms with van der Waals surface area (Å²) in [7, 11) is 0. The summed E-state index contributed by atoms with van der Waals surface area (Å²) >= 11 is 0. The van der Waals surface area contributed by atoms with Crippen molar-refractivity contribution in [3.8, 4) is 11.3 Å². The summed E-state index contributed by atoms with van der Waals surface area (Å²) in [4.78, 5) is 12.3. The third kappa shape index (κ3) is 3.60. The average molecular weight is 315 g/mol. The third-order valence-electron chi connectivity index (χ3n) is 3.65. The van der Waals surface area contributed by atoms with Gasteiger partial charge in [-0.2, -0.15) is 5.10 Å². The van der Waals surface area contributed by atoms with Crippen LogP contribution in [0.2, 0.25) is 0 Å². The first-order valence-corrected chi connectivity index (χ1v) is 7.80. The molecule has 1 atom stereocenters. The highest BCUT2D eigenvalue weighted by atomic mass is 16.6. The van der Waals surface area contributed by atoms with E-state index in [1.165, 1.54) is 0 Å². The summed E-state index contributed by atoms with van der Waals surface area (Å²) in [5, 5.41) is 7.52. The van der Waals surface area contributed by atoms with Gasteiger partial charge in [0.2, 0.25) is 0 Å². The highest BCUT2D eigenvalue weighted by Gasteiger charge is 2.24. The standard InChI is InChI=1S/C17H21N3O3/c1-12(2)20-16(18-17(21)15-11-22-8-9-23-15)10-14(19-20)13-6-4-3-5-7-13/h3-7,10,12,15H,8-9,11H2,1-2H3,(H,18,21)/t15-/m1/s1. The van der Waals surface area contributed by atoms with Crippen molar-refractivity contribution < 1.29 is 14.3 Å². The van der Waals surface area contributed by atoms with Gasteiger partial charge in [0.1, 0.15) is 5.82 Å². The van der Waals surface area contributed by atoms with Crippen LogP contribution in [0.3, 0.4) is 0 Å². The van der Waals surface area contributed by atoms with Crippen molar-refractivity contribution in [1.29, 1.82) is 0 Å². The molecule has 0 aliphatic carbocycles. The summed E-state index contributed by atoms with van der Waals surface area (Å²) in [6, 6.07) is 11.9. The summed E-state index contributed by atoms with van der Waals surface area (Å²) in [6.45, 7) is 5.31. The number of hydrogen-bond acceptors (Lipinski definition) is 4. The van der Waals surface area contributed by atoms with Crippen LogP contribution in [0, 0.1) is 0 Å². The van der Waals surface area contributed by atoms with Gasteiger partial charge in [0, 0.05) is 17.7 Å². The zero-order chi connectivity index (χ0) is 16.2. The number of aromatic nitrogens is 2. The third-order valence-corrected chi connectivity index (χ3v) is 3.65. The Balaban J connectivity index is 1.83. The molecule has 0 bridgehead atoms. The number of benzene rings is 1. The maximum atomic E-state index is 12.3. The number of nitrogens with one attached hydrogen (secondary N) is 1. The van der Waals surface area contributed by atoms with E-state index in [2.05, 4.69) is 10.4 Å². The second kappa shape index (κ2) is 6.93. The maximum Gasteiger partial charge on any atom is 0.257 e. The first kappa shape index (κ1) is 15.7. The number of carbonyl (C=O) groups is 1. The topological polar surface area (TPSA) is 65.4 Å². The van der Waals surface area contributed by atoms with E-state index in [1.807, 2.05) is 54.9 Å². The van der Waals surface area contributed by atoms with Gasteiger partial charge in [-0.15, -0.1) is 0 Å². The number of rotatable bonds is 4. The van der Waals surface area contributed by atoms with Crippen molar-refractivity contribution >= 4 is 11.7 Å². The van der Waals surface area contributed by atoms with Gasteiger partial charge in [0.25, 0.3) is 5.91 Å². The second-order valence-corrected chi connectivity index (χ2v) is 5.74.